The van der Waals surface area contributed by atoms with Crippen LogP contribution in [0.1, 0.15) is 71.5 Å². The van der Waals surface area contributed by atoms with E-state index in [1.165, 1.54) is 31.4 Å². The fourth-order valence-corrected chi connectivity index (χ4v) is 4.11. The predicted octanol–water partition coefficient (Wildman–Crippen LogP) is 3.75. The number of primary sulfonamides is 1. The molecule has 0 aliphatic heterocycles. The van der Waals surface area contributed by atoms with E-state index in [0.29, 0.717) is 24.9 Å². The van der Waals surface area contributed by atoms with E-state index in [2.05, 4.69) is 35.6 Å². The number of benzene rings is 1. The van der Waals surface area contributed by atoms with E-state index >= 15 is 0 Å². The van der Waals surface area contributed by atoms with Gasteiger partial charge in [0.05, 0.1) is 15.9 Å². The lowest BCUT2D eigenvalue weighted by molar-refractivity contribution is -0.121. The van der Waals surface area contributed by atoms with Crippen molar-refractivity contribution in [1.29, 1.82) is 0 Å². The number of sulfonamides is 1. The van der Waals surface area contributed by atoms with Gasteiger partial charge in [0.1, 0.15) is 5.82 Å². The molecule has 2 aromatic rings. The molecule has 0 bridgehead atoms. The third-order valence-corrected chi connectivity index (χ3v) is 6.09. The van der Waals surface area contributed by atoms with Crippen LogP contribution in [0.3, 0.4) is 0 Å². The van der Waals surface area contributed by atoms with Crippen molar-refractivity contribution >= 4 is 27.0 Å². The highest BCUT2D eigenvalue weighted by Crippen LogP contribution is 2.21. The lowest BCUT2D eigenvalue weighted by Gasteiger charge is -2.09. The molecule has 1 heterocycles. The molecule has 8 heteroatoms. The van der Waals surface area contributed by atoms with Gasteiger partial charge in [0, 0.05) is 25.9 Å². The van der Waals surface area contributed by atoms with Gasteiger partial charge in [-0.15, -0.1) is 0 Å². The van der Waals surface area contributed by atoms with E-state index in [0.717, 1.165) is 43.1 Å². The summed E-state index contributed by atoms with van der Waals surface area (Å²) in [6, 6.07) is 4.74. The quantitative estimate of drug-likeness (QED) is 0.466. The molecule has 0 radical (unpaired) electrons. The standard InChI is InChI=1S/C22H36N4O3S/c1-4-15-26-20-11-10-18(30(23,28)29)16-19(20)25-21(26)12-13-22(27)24-14-8-6-5-7-9-17(2)3/h10-11,16-17H,4-9,12-15H2,1-3H3,(H,24,27)(H2,23,28,29). The predicted molar refractivity (Wildman–Crippen MR) is 121 cm³/mol. The Kier molecular flexibility index (Phi) is 9.30. The van der Waals surface area contributed by atoms with Crippen LogP contribution in [0.15, 0.2) is 23.1 Å². The maximum absolute atomic E-state index is 12.2. The summed E-state index contributed by atoms with van der Waals surface area (Å²) in [6.45, 7) is 8.03. The molecular formula is C22H36N4O3S. The largest absolute Gasteiger partial charge is 0.356 e. The van der Waals surface area contributed by atoms with Crippen LogP contribution in [0.25, 0.3) is 11.0 Å². The van der Waals surface area contributed by atoms with E-state index < -0.39 is 10.0 Å². The summed E-state index contributed by atoms with van der Waals surface area (Å²) in [6.07, 6.45) is 7.69. The zero-order valence-corrected chi connectivity index (χ0v) is 19.3. The maximum atomic E-state index is 12.2. The first-order chi connectivity index (χ1) is 14.2. The number of hydrogen-bond donors (Lipinski definition) is 2. The fraction of sp³-hybridized carbons (Fsp3) is 0.636. The molecule has 7 nitrogen and oxygen atoms in total. The Balaban J connectivity index is 1.90. The average Bonchev–Trinajstić information content (AvgIpc) is 3.02. The molecular weight excluding hydrogens is 400 g/mol. The first kappa shape index (κ1) is 24.3. The van der Waals surface area contributed by atoms with Crippen molar-refractivity contribution in [2.75, 3.05) is 6.54 Å². The smallest absolute Gasteiger partial charge is 0.238 e. The normalized spacial score (nSPS) is 12.0. The fourth-order valence-electron chi connectivity index (χ4n) is 3.57. The number of nitrogens with two attached hydrogens (primary N) is 1. The second kappa shape index (κ2) is 11.5. The van der Waals surface area contributed by atoms with Crippen molar-refractivity contribution in [3.8, 4) is 0 Å². The molecule has 3 N–H and O–H groups in total. The topological polar surface area (TPSA) is 107 Å². The highest BCUT2D eigenvalue weighted by molar-refractivity contribution is 7.89. The zero-order valence-electron chi connectivity index (χ0n) is 18.5. The Labute approximate surface area is 180 Å². The summed E-state index contributed by atoms with van der Waals surface area (Å²) in [7, 11) is -3.77. The van der Waals surface area contributed by atoms with Gasteiger partial charge >= 0.3 is 0 Å². The van der Waals surface area contributed by atoms with E-state index in [-0.39, 0.29) is 10.8 Å². The van der Waals surface area contributed by atoms with Gasteiger partial charge in [-0.1, -0.05) is 46.5 Å². The van der Waals surface area contributed by atoms with Crippen molar-refractivity contribution < 1.29 is 13.2 Å². The van der Waals surface area contributed by atoms with Crippen LogP contribution in [-0.2, 0) is 27.8 Å². The Bertz CT molecular complexity index is 935. The van der Waals surface area contributed by atoms with Gasteiger partial charge in [-0.3, -0.25) is 4.79 Å². The number of amides is 1. The van der Waals surface area contributed by atoms with Crippen molar-refractivity contribution in [2.45, 2.75) is 83.6 Å². The first-order valence-electron chi connectivity index (χ1n) is 11.0. The lowest BCUT2D eigenvalue weighted by atomic mass is 10.0. The summed E-state index contributed by atoms with van der Waals surface area (Å²) < 4.78 is 25.3. The second-order valence-corrected chi connectivity index (χ2v) is 9.88. The number of nitrogens with one attached hydrogen (secondary N) is 1. The highest BCUT2D eigenvalue weighted by Gasteiger charge is 2.15. The number of carbonyl (C=O) groups is 1. The average molecular weight is 437 g/mol. The molecule has 1 aromatic heterocycles. The number of fused-ring (bicyclic) bond motifs is 1. The SMILES string of the molecule is CCCn1c(CCC(=O)NCCCCCCC(C)C)nc2cc(S(N)(=O)=O)ccc21. The molecule has 0 atom stereocenters. The monoisotopic (exact) mass is 436 g/mol. The molecule has 1 aromatic carbocycles. The van der Waals surface area contributed by atoms with E-state index in [1.54, 1.807) is 6.07 Å². The van der Waals surface area contributed by atoms with Crippen molar-refractivity contribution in [3.63, 3.8) is 0 Å². The molecule has 0 saturated heterocycles. The molecule has 2 rings (SSSR count). The molecule has 0 unspecified atom stereocenters. The van der Waals surface area contributed by atoms with Crippen LogP contribution in [0, 0.1) is 5.92 Å². The Morgan fingerprint density at radius 3 is 2.60 bits per heavy atom. The summed E-state index contributed by atoms with van der Waals surface area (Å²) in [5.74, 6) is 1.58. The van der Waals surface area contributed by atoms with Gasteiger partial charge in [-0.05, 0) is 37.0 Å². The first-order valence-corrected chi connectivity index (χ1v) is 12.6. The van der Waals surface area contributed by atoms with Crippen molar-refractivity contribution in [1.82, 2.24) is 14.9 Å². The number of carbonyl (C=O) groups excluding carboxylic acids is 1. The summed E-state index contributed by atoms with van der Waals surface area (Å²) in [5, 5.41) is 8.23. The molecule has 0 fully saturated rings. The van der Waals surface area contributed by atoms with Crippen molar-refractivity contribution in [2.24, 2.45) is 11.1 Å². The summed E-state index contributed by atoms with van der Waals surface area (Å²) in [5.41, 5.74) is 1.45. The number of aryl methyl sites for hydroxylation is 2. The van der Waals surface area contributed by atoms with Gasteiger partial charge in [-0.2, -0.15) is 0 Å². The molecule has 1 amide bonds. The van der Waals surface area contributed by atoms with Gasteiger partial charge in [0.25, 0.3) is 0 Å². The van der Waals surface area contributed by atoms with Crippen molar-refractivity contribution in [3.05, 3.63) is 24.0 Å². The second-order valence-electron chi connectivity index (χ2n) is 8.32. The number of nitrogens with zero attached hydrogens (tertiary/aromatic N) is 2. The van der Waals surface area contributed by atoms with Gasteiger partial charge < -0.3 is 9.88 Å². The molecule has 0 aliphatic carbocycles. The summed E-state index contributed by atoms with van der Waals surface area (Å²) >= 11 is 0. The number of rotatable bonds is 13. The van der Waals surface area contributed by atoms with E-state index in [9.17, 15) is 13.2 Å². The van der Waals surface area contributed by atoms with Crippen LogP contribution in [-0.4, -0.2) is 30.4 Å². The van der Waals surface area contributed by atoms with Crippen LogP contribution in [0.4, 0.5) is 0 Å². The minimum Gasteiger partial charge on any atom is -0.356 e. The third kappa shape index (κ3) is 7.40. The molecule has 0 aliphatic rings. The Hall–Kier alpha value is -1.93. The molecule has 168 valence electrons. The summed E-state index contributed by atoms with van der Waals surface area (Å²) in [4.78, 5) is 16.9. The third-order valence-electron chi connectivity index (χ3n) is 5.18. The number of aromatic nitrogens is 2. The van der Waals surface area contributed by atoms with Gasteiger partial charge in [-0.25, -0.2) is 18.5 Å². The van der Waals surface area contributed by atoms with Gasteiger partial charge in [0.2, 0.25) is 15.9 Å². The van der Waals surface area contributed by atoms with E-state index in [1.807, 2.05) is 0 Å². The Morgan fingerprint density at radius 2 is 1.93 bits per heavy atom. The molecule has 0 spiro atoms. The van der Waals surface area contributed by atoms with Crippen LogP contribution < -0.4 is 10.5 Å². The van der Waals surface area contributed by atoms with Crippen LogP contribution >= 0.6 is 0 Å². The lowest BCUT2D eigenvalue weighted by Crippen LogP contribution is -2.25. The maximum Gasteiger partial charge on any atom is 0.238 e. The van der Waals surface area contributed by atoms with Gasteiger partial charge in [0.15, 0.2) is 0 Å². The zero-order chi connectivity index (χ0) is 22.1. The van der Waals surface area contributed by atoms with Crippen LogP contribution in [0.5, 0.6) is 0 Å². The number of imidazole rings is 1. The van der Waals surface area contributed by atoms with E-state index in [4.69, 9.17) is 5.14 Å². The minimum absolute atomic E-state index is 0.0255. The number of hydrogen-bond acceptors (Lipinski definition) is 4. The Morgan fingerprint density at radius 1 is 1.20 bits per heavy atom. The van der Waals surface area contributed by atoms with Crippen LogP contribution in [0.2, 0.25) is 0 Å². The highest BCUT2D eigenvalue weighted by atomic mass is 32.2. The number of unbranched alkanes of at least 4 members (excludes halogenated alkanes) is 3. The molecule has 0 saturated carbocycles. The molecule has 30 heavy (non-hydrogen) atoms. The minimum atomic E-state index is -3.77.